The highest BCUT2D eigenvalue weighted by atomic mass is 19.1. The van der Waals surface area contributed by atoms with E-state index in [4.69, 9.17) is 4.98 Å². The molecule has 0 fully saturated rings. The fourth-order valence-electron chi connectivity index (χ4n) is 3.75. The van der Waals surface area contributed by atoms with E-state index in [9.17, 15) is 4.39 Å². The fraction of sp³-hybridized carbons (Fsp3) is 0.227. The van der Waals surface area contributed by atoms with E-state index >= 15 is 0 Å². The summed E-state index contributed by atoms with van der Waals surface area (Å²) in [5.74, 6) is 0.955. The normalized spacial score (nSPS) is 15.9. The van der Waals surface area contributed by atoms with E-state index in [2.05, 4.69) is 51.2 Å². The second-order valence-electron chi connectivity index (χ2n) is 7.05. The van der Waals surface area contributed by atoms with Crippen molar-refractivity contribution in [3.05, 3.63) is 83.6 Å². The Balaban J connectivity index is 1.36. The van der Waals surface area contributed by atoms with Gasteiger partial charge in [-0.05, 0) is 48.0 Å². The minimum atomic E-state index is -0.204. The molecule has 2 heterocycles. The van der Waals surface area contributed by atoms with Crippen LogP contribution >= 0.6 is 0 Å². The summed E-state index contributed by atoms with van der Waals surface area (Å²) >= 11 is 0. The Hall–Kier alpha value is -3.08. The van der Waals surface area contributed by atoms with Crippen LogP contribution in [0.15, 0.2) is 66.4 Å². The molecular weight excluding hydrogens is 339 g/mol. The SMILES string of the molecule is Fc1ccc(CNc2ccc3nc4n(c3c2)CCN(C2=CC=C2)CC4)cc1. The third kappa shape index (κ3) is 3.10. The number of anilines is 1. The van der Waals surface area contributed by atoms with E-state index in [1.54, 1.807) is 0 Å². The van der Waals surface area contributed by atoms with Gasteiger partial charge < -0.3 is 14.8 Å². The van der Waals surface area contributed by atoms with Crippen LogP contribution in [0.25, 0.3) is 11.0 Å². The number of aromatic nitrogens is 2. The van der Waals surface area contributed by atoms with E-state index in [1.165, 1.54) is 23.3 Å². The molecule has 1 aromatic heterocycles. The number of allylic oxidation sites excluding steroid dienone is 3. The number of hydrogen-bond acceptors (Lipinski definition) is 3. The lowest BCUT2D eigenvalue weighted by molar-refractivity contribution is 0.359. The van der Waals surface area contributed by atoms with Crippen molar-refractivity contribution in [3.8, 4) is 0 Å². The lowest BCUT2D eigenvalue weighted by Gasteiger charge is -2.25. The van der Waals surface area contributed by atoms with Crippen LogP contribution in [0.4, 0.5) is 10.1 Å². The predicted molar refractivity (Wildman–Crippen MR) is 106 cm³/mol. The highest BCUT2D eigenvalue weighted by Crippen LogP contribution is 2.25. The molecule has 0 atom stereocenters. The molecule has 136 valence electrons. The first kappa shape index (κ1) is 16.1. The van der Waals surface area contributed by atoms with Gasteiger partial charge in [0.2, 0.25) is 0 Å². The molecule has 4 nitrogen and oxygen atoms in total. The summed E-state index contributed by atoms with van der Waals surface area (Å²) in [6.07, 6.45) is 7.39. The molecular formula is C22H21FN4. The third-order valence-corrected chi connectivity index (χ3v) is 5.34. The fourth-order valence-corrected chi connectivity index (χ4v) is 3.75. The Morgan fingerprint density at radius 2 is 1.89 bits per heavy atom. The number of hydrogen-bond donors (Lipinski definition) is 1. The van der Waals surface area contributed by atoms with Crippen molar-refractivity contribution in [2.45, 2.75) is 19.5 Å². The smallest absolute Gasteiger partial charge is 0.123 e. The second-order valence-corrected chi connectivity index (χ2v) is 7.05. The van der Waals surface area contributed by atoms with Crippen LogP contribution in [-0.4, -0.2) is 27.5 Å². The van der Waals surface area contributed by atoms with Crippen LogP contribution in [0.3, 0.4) is 0 Å². The van der Waals surface area contributed by atoms with Gasteiger partial charge in [0.15, 0.2) is 0 Å². The lowest BCUT2D eigenvalue weighted by Crippen LogP contribution is -2.26. The molecule has 0 saturated heterocycles. The van der Waals surface area contributed by atoms with Gasteiger partial charge in [-0.25, -0.2) is 9.37 Å². The molecule has 5 heteroatoms. The van der Waals surface area contributed by atoms with Crippen molar-refractivity contribution in [3.63, 3.8) is 0 Å². The summed E-state index contributed by atoms with van der Waals surface area (Å²) in [7, 11) is 0. The average Bonchev–Trinajstić information content (AvgIpc) is 2.86. The van der Waals surface area contributed by atoms with Gasteiger partial charge >= 0.3 is 0 Å². The maximum atomic E-state index is 13.0. The van der Waals surface area contributed by atoms with Crippen LogP contribution in [0.2, 0.25) is 0 Å². The summed E-state index contributed by atoms with van der Waals surface area (Å²) in [6, 6.07) is 12.9. The van der Waals surface area contributed by atoms with Crippen molar-refractivity contribution < 1.29 is 4.39 Å². The molecule has 2 aromatic carbocycles. The summed E-state index contributed by atoms with van der Waals surface area (Å²) in [4.78, 5) is 7.28. The minimum Gasteiger partial charge on any atom is -0.381 e. The van der Waals surface area contributed by atoms with Crippen LogP contribution in [-0.2, 0) is 19.5 Å². The van der Waals surface area contributed by atoms with E-state index in [0.717, 1.165) is 48.6 Å². The molecule has 0 radical (unpaired) electrons. The van der Waals surface area contributed by atoms with E-state index in [-0.39, 0.29) is 5.82 Å². The Morgan fingerprint density at radius 3 is 2.67 bits per heavy atom. The summed E-state index contributed by atoms with van der Waals surface area (Å²) in [5.41, 5.74) is 5.66. The first-order chi connectivity index (χ1) is 13.3. The zero-order chi connectivity index (χ0) is 18.2. The zero-order valence-electron chi connectivity index (χ0n) is 15.0. The van der Waals surface area contributed by atoms with Crippen molar-refractivity contribution >= 4 is 16.7 Å². The van der Waals surface area contributed by atoms with Gasteiger partial charge in [-0.1, -0.05) is 18.2 Å². The van der Waals surface area contributed by atoms with Crippen LogP contribution < -0.4 is 5.32 Å². The van der Waals surface area contributed by atoms with Gasteiger partial charge in [-0.15, -0.1) is 0 Å². The Bertz CT molecular complexity index is 1050. The van der Waals surface area contributed by atoms with Gasteiger partial charge in [0.05, 0.1) is 11.0 Å². The molecule has 1 aliphatic carbocycles. The molecule has 0 unspecified atom stereocenters. The largest absolute Gasteiger partial charge is 0.381 e. The minimum absolute atomic E-state index is 0.204. The average molecular weight is 360 g/mol. The first-order valence-corrected chi connectivity index (χ1v) is 9.37. The standard InChI is InChI=1S/C22H21FN4/c23-17-6-4-16(5-7-17)15-24-18-8-9-20-21(14-18)27-13-12-26(19-2-1-3-19)11-10-22(27)25-20/h1-9,14,24H,10-13,15H2. The number of nitrogens with zero attached hydrogens (tertiary/aromatic N) is 3. The molecule has 27 heavy (non-hydrogen) atoms. The summed E-state index contributed by atoms with van der Waals surface area (Å²) in [5, 5.41) is 3.44. The molecule has 0 spiro atoms. The van der Waals surface area contributed by atoms with E-state index in [0.29, 0.717) is 6.54 Å². The second kappa shape index (κ2) is 6.58. The Morgan fingerprint density at radius 1 is 1.04 bits per heavy atom. The van der Waals surface area contributed by atoms with Crippen molar-refractivity contribution in [2.75, 3.05) is 18.4 Å². The number of halogens is 1. The quantitative estimate of drug-likeness (QED) is 0.760. The van der Waals surface area contributed by atoms with Crippen LogP contribution in [0, 0.1) is 5.82 Å². The maximum Gasteiger partial charge on any atom is 0.123 e. The van der Waals surface area contributed by atoms with E-state index in [1.807, 2.05) is 12.1 Å². The summed E-state index contributed by atoms with van der Waals surface area (Å²) in [6.45, 7) is 3.62. The first-order valence-electron chi connectivity index (χ1n) is 9.37. The molecule has 0 bridgehead atoms. The number of imidazole rings is 1. The lowest BCUT2D eigenvalue weighted by atomic mass is 10.2. The summed E-state index contributed by atoms with van der Waals surface area (Å²) < 4.78 is 15.4. The van der Waals surface area contributed by atoms with Gasteiger partial charge in [0, 0.05) is 44.0 Å². The molecule has 5 rings (SSSR count). The zero-order valence-corrected chi connectivity index (χ0v) is 15.0. The number of nitrogens with one attached hydrogen (secondary N) is 1. The molecule has 1 aliphatic heterocycles. The molecule has 3 aromatic rings. The molecule has 1 N–H and O–H groups in total. The number of benzene rings is 2. The van der Waals surface area contributed by atoms with Crippen molar-refractivity contribution in [1.82, 2.24) is 14.5 Å². The molecule has 0 amide bonds. The highest BCUT2D eigenvalue weighted by Gasteiger charge is 2.19. The van der Waals surface area contributed by atoms with Gasteiger partial charge in [0.1, 0.15) is 11.6 Å². The third-order valence-electron chi connectivity index (χ3n) is 5.34. The number of fused-ring (bicyclic) bond motifs is 3. The topological polar surface area (TPSA) is 33.1 Å². The maximum absolute atomic E-state index is 13.0. The Labute approximate surface area is 157 Å². The van der Waals surface area contributed by atoms with Crippen molar-refractivity contribution in [2.24, 2.45) is 0 Å². The predicted octanol–water partition coefficient (Wildman–Crippen LogP) is 4.10. The monoisotopic (exact) mass is 360 g/mol. The Kier molecular flexibility index (Phi) is 3.93. The van der Waals surface area contributed by atoms with Crippen LogP contribution in [0.5, 0.6) is 0 Å². The number of rotatable bonds is 4. The van der Waals surface area contributed by atoms with Gasteiger partial charge in [-0.2, -0.15) is 0 Å². The molecule has 0 saturated carbocycles. The van der Waals surface area contributed by atoms with Crippen LogP contribution in [0.1, 0.15) is 11.4 Å². The highest BCUT2D eigenvalue weighted by molar-refractivity contribution is 5.80. The molecule has 2 aliphatic rings. The van der Waals surface area contributed by atoms with Gasteiger partial charge in [-0.3, -0.25) is 0 Å². The van der Waals surface area contributed by atoms with Gasteiger partial charge in [0.25, 0.3) is 0 Å². The van der Waals surface area contributed by atoms with E-state index < -0.39 is 0 Å². The van der Waals surface area contributed by atoms with Crippen molar-refractivity contribution in [1.29, 1.82) is 0 Å².